The highest BCUT2D eigenvalue weighted by Gasteiger charge is 2.08. The number of aromatic nitrogens is 2. The van der Waals surface area contributed by atoms with Crippen LogP contribution in [-0.4, -0.2) is 9.97 Å². The van der Waals surface area contributed by atoms with E-state index in [1.165, 1.54) is 11.1 Å². The molecule has 3 nitrogen and oxygen atoms in total. The molecule has 0 bridgehead atoms. The number of nitrogens with zero attached hydrogens (tertiary/aromatic N) is 2. The number of hydrogen-bond acceptors (Lipinski definition) is 3. The van der Waals surface area contributed by atoms with Gasteiger partial charge in [-0.3, -0.25) is 0 Å². The van der Waals surface area contributed by atoms with E-state index in [9.17, 15) is 0 Å². The van der Waals surface area contributed by atoms with Gasteiger partial charge in [-0.05, 0) is 39.3 Å². The Kier molecular flexibility index (Phi) is 3.53. The van der Waals surface area contributed by atoms with Crippen molar-refractivity contribution in [1.29, 1.82) is 0 Å². The van der Waals surface area contributed by atoms with Crippen molar-refractivity contribution in [2.24, 2.45) is 0 Å². The molecule has 0 aliphatic carbocycles. The lowest BCUT2D eigenvalue weighted by Gasteiger charge is -2.12. The van der Waals surface area contributed by atoms with Crippen LogP contribution in [0.3, 0.4) is 0 Å². The van der Waals surface area contributed by atoms with Gasteiger partial charge in [0, 0.05) is 11.3 Å². The van der Waals surface area contributed by atoms with E-state index >= 15 is 0 Å². The molecule has 0 amide bonds. The predicted octanol–water partition coefficient (Wildman–Crippen LogP) is 4.11. The summed E-state index contributed by atoms with van der Waals surface area (Å²) in [5.74, 6) is 1.43. The first-order valence-corrected chi connectivity index (χ1v) is 6.20. The maximum absolute atomic E-state index is 6.06. The summed E-state index contributed by atoms with van der Waals surface area (Å²) in [7, 11) is 0. The maximum atomic E-state index is 6.06. The van der Waals surface area contributed by atoms with E-state index in [0.29, 0.717) is 11.0 Å². The van der Waals surface area contributed by atoms with Crippen LogP contribution >= 0.6 is 11.6 Å². The highest BCUT2D eigenvalue weighted by atomic mass is 35.5. The number of aryl methyl sites for hydroxylation is 3. The molecular weight excluding hydrogens is 246 g/mol. The van der Waals surface area contributed by atoms with Crippen molar-refractivity contribution in [3.05, 3.63) is 45.9 Å². The zero-order valence-corrected chi connectivity index (χ0v) is 11.8. The van der Waals surface area contributed by atoms with Gasteiger partial charge in [0.2, 0.25) is 0 Å². The van der Waals surface area contributed by atoms with Gasteiger partial charge in [-0.1, -0.05) is 29.3 Å². The molecule has 0 atom stereocenters. The third-order valence-electron chi connectivity index (χ3n) is 2.83. The fraction of sp³-hybridized carbons (Fsp3) is 0.286. The van der Waals surface area contributed by atoms with Crippen LogP contribution in [0.15, 0.2) is 18.2 Å². The van der Waals surface area contributed by atoms with Gasteiger partial charge < -0.3 is 5.32 Å². The van der Waals surface area contributed by atoms with Gasteiger partial charge in [0.1, 0.15) is 16.8 Å². The van der Waals surface area contributed by atoms with Gasteiger partial charge in [-0.15, -0.1) is 0 Å². The van der Waals surface area contributed by atoms with E-state index < -0.39 is 0 Å². The molecule has 0 radical (unpaired) electrons. The van der Waals surface area contributed by atoms with Crippen molar-refractivity contribution >= 4 is 23.1 Å². The Labute approximate surface area is 112 Å². The molecule has 0 saturated heterocycles. The van der Waals surface area contributed by atoms with Gasteiger partial charge in [0.25, 0.3) is 0 Å². The fourth-order valence-electron chi connectivity index (χ4n) is 1.80. The zero-order valence-electron chi connectivity index (χ0n) is 11.0. The Morgan fingerprint density at radius 1 is 1.06 bits per heavy atom. The van der Waals surface area contributed by atoms with E-state index in [4.69, 9.17) is 11.6 Å². The van der Waals surface area contributed by atoms with E-state index in [1.807, 2.05) is 13.8 Å². The number of hydrogen-bond donors (Lipinski definition) is 1. The van der Waals surface area contributed by atoms with Crippen molar-refractivity contribution in [3.8, 4) is 0 Å². The molecule has 0 unspecified atom stereocenters. The van der Waals surface area contributed by atoms with Crippen molar-refractivity contribution in [2.75, 3.05) is 5.32 Å². The molecule has 0 saturated carbocycles. The van der Waals surface area contributed by atoms with Crippen LogP contribution in [-0.2, 0) is 0 Å². The second kappa shape index (κ2) is 4.94. The smallest absolute Gasteiger partial charge is 0.138 e. The number of halogens is 1. The van der Waals surface area contributed by atoms with Gasteiger partial charge in [-0.2, -0.15) is 0 Å². The van der Waals surface area contributed by atoms with Crippen LogP contribution in [0.1, 0.15) is 22.5 Å². The Hall–Kier alpha value is -1.61. The topological polar surface area (TPSA) is 37.8 Å². The van der Waals surface area contributed by atoms with Crippen molar-refractivity contribution in [3.63, 3.8) is 0 Å². The second-order valence-electron chi connectivity index (χ2n) is 4.48. The summed E-state index contributed by atoms with van der Waals surface area (Å²) in [6.45, 7) is 7.89. The molecule has 94 valence electrons. The van der Waals surface area contributed by atoms with Crippen LogP contribution in [0, 0.1) is 27.7 Å². The predicted molar refractivity (Wildman–Crippen MR) is 75.7 cm³/mol. The van der Waals surface area contributed by atoms with Gasteiger partial charge in [-0.25, -0.2) is 9.97 Å². The largest absolute Gasteiger partial charge is 0.340 e. The molecule has 0 aliphatic rings. The quantitative estimate of drug-likeness (QED) is 0.827. The van der Waals surface area contributed by atoms with Crippen LogP contribution in [0.5, 0.6) is 0 Å². The monoisotopic (exact) mass is 261 g/mol. The third-order valence-corrected chi connectivity index (χ3v) is 3.20. The fourth-order valence-corrected chi connectivity index (χ4v) is 2.01. The first kappa shape index (κ1) is 12.8. The van der Waals surface area contributed by atoms with E-state index in [2.05, 4.69) is 47.3 Å². The van der Waals surface area contributed by atoms with Gasteiger partial charge in [0.05, 0.1) is 0 Å². The second-order valence-corrected chi connectivity index (χ2v) is 4.84. The molecule has 4 heteroatoms. The molecule has 1 aromatic heterocycles. The van der Waals surface area contributed by atoms with E-state index in [1.54, 1.807) is 0 Å². The highest BCUT2D eigenvalue weighted by Crippen LogP contribution is 2.25. The first-order valence-electron chi connectivity index (χ1n) is 5.82. The van der Waals surface area contributed by atoms with E-state index in [0.717, 1.165) is 17.1 Å². The van der Waals surface area contributed by atoms with Crippen LogP contribution in [0.4, 0.5) is 11.5 Å². The zero-order chi connectivity index (χ0) is 13.3. The lowest BCUT2D eigenvalue weighted by atomic mass is 10.1. The molecule has 2 aromatic rings. The highest BCUT2D eigenvalue weighted by molar-refractivity contribution is 6.30. The molecule has 0 aliphatic heterocycles. The summed E-state index contributed by atoms with van der Waals surface area (Å²) in [6.07, 6.45) is 0. The Balaban J connectivity index is 2.40. The van der Waals surface area contributed by atoms with Crippen LogP contribution in [0.25, 0.3) is 0 Å². The normalized spacial score (nSPS) is 10.5. The number of anilines is 2. The Bertz CT molecular complexity index is 594. The third kappa shape index (κ3) is 2.62. The molecule has 1 heterocycles. The lowest BCUT2D eigenvalue weighted by Crippen LogP contribution is -2.02. The van der Waals surface area contributed by atoms with Gasteiger partial charge in [0.15, 0.2) is 0 Å². The number of rotatable bonds is 2. The minimum Gasteiger partial charge on any atom is -0.340 e. The molecule has 18 heavy (non-hydrogen) atoms. The summed E-state index contributed by atoms with van der Waals surface area (Å²) >= 11 is 6.06. The summed E-state index contributed by atoms with van der Waals surface area (Å²) in [6, 6.07) is 6.25. The molecular formula is C14H16ClN3. The maximum Gasteiger partial charge on any atom is 0.138 e. The minimum absolute atomic E-state index is 0.495. The van der Waals surface area contributed by atoms with E-state index in [-0.39, 0.29) is 0 Å². The minimum atomic E-state index is 0.495. The molecule has 2 rings (SSSR count). The Morgan fingerprint density at radius 3 is 2.44 bits per heavy atom. The van der Waals surface area contributed by atoms with Crippen molar-refractivity contribution in [1.82, 2.24) is 9.97 Å². The van der Waals surface area contributed by atoms with Gasteiger partial charge >= 0.3 is 0 Å². The first-order chi connectivity index (χ1) is 8.47. The average molecular weight is 262 g/mol. The van der Waals surface area contributed by atoms with Crippen molar-refractivity contribution < 1.29 is 0 Å². The van der Waals surface area contributed by atoms with Crippen molar-refractivity contribution in [2.45, 2.75) is 27.7 Å². The molecule has 1 aromatic carbocycles. The summed E-state index contributed by atoms with van der Waals surface area (Å²) in [5.41, 5.74) is 4.33. The summed E-state index contributed by atoms with van der Waals surface area (Å²) < 4.78 is 0. The molecule has 0 spiro atoms. The van der Waals surface area contributed by atoms with Crippen LogP contribution in [0.2, 0.25) is 5.15 Å². The summed E-state index contributed by atoms with van der Waals surface area (Å²) in [4.78, 5) is 8.51. The van der Waals surface area contributed by atoms with Crippen LogP contribution < -0.4 is 5.32 Å². The number of benzene rings is 1. The summed E-state index contributed by atoms with van der Waals surface area (Å²) in [5, 5.41) is 3.81. The lowest BCUT2D eigenvalue weighted by molar-refractivity contribution is 1.03. The molecule has 1 N–H and O–H groups in total. The Morgan fingerprint density at radius 2 is 1.78 bits per heavy atom. The average Bonchev–Trinajstić information content (AvgIpc) is 2.29. The standard InChI is InChI=1S/C14H16ClN3/c1-8-5-6-12(9(2)7-8)18-14-10(3)13(15)16-11(4)17-14/h5-7H,1-4H3,(H,16,17,18). The number of nitrogens with one attached hydrogen (secondary N) is 1. The molecule has 0 fully saturated rings. The SMILES string of the molecule is Cc1ccc(Nc2nc(C)nc(Cl)c2C)c(C)c1.